The topological polar surface area (TPSA) is 91.9 Å². The molecule has 3 aromatic heterocycles. The molecule has 9 heteroatoms. The normalized spacial score (nSPS) is 13.2. The number of nitrogens with zero attached hydrogens (tertiary/aromatic N) is 5. The summed E-state index contributed by atoms with van der Waals surface area (Å²) in [5.74, 6) is 2.86. The van der Waals surface area contributed by atoms with Crippen LogP contribution in [0, 0.1) is 6.92 Å². The molecule has 0 fully saturated rings. The van der Waals surface area contributed by atoms with Gasteiger partial charge in [-0.05, 0) is 43.3 Å². The van der Waals surface area contributed by atoms with E-state index in [1.165, 1.54) is 0 Å². The van der Waals surface area contributed by atoms with Crippen LogP contribution < -0.4 is 15.0 Å². The van der Waals surface area contributed by atoms with Crippen molar-refractivity contribution in [1.82, 2.24) is 24.9 Å². The monoisotopic (exact) mass is 455 g/mol. The Bertz CT molecular complexity index is 1390. The van der Waals surface area contributed by atoms with Crippen LogP contribution in [0.25, 0.3) is 10.2 Å². The maximum atomic E-state index is 6.13. The largest absolute Gasteiger partial charge is 0.436 e. The van der Waals surface area contributed by atoms with Crippen molar-refractivity contribution < 1.29 is 4.74 Å². The van der Waals surface area contributed by atoms with E-state index in [1.54, 1.807) is 23.7 Å². The van der Waals surface area contributed by atoms with E-state index in [9.17, 15) is 0 Å². The molecular formula is C24H21N7OS. The Morgan fingerprint density at radius 2 is 1.88 bits per heavy atom. The fourth-order valence-electron chi connectivity index (χ4n) is 3.99. The van der Waals surface area contributed by atoms with E-state index in [1.807, 2.05) is 49.4 Å². The van der Waals surface area contributed by atoms with Crippen molar-refractivity contribution in [3.05, 3.63) is 78.1 Å². The zero-order valence-corrected chi connectivity index (χ0v) is 18.8. The van der Waals surface area contributed by atoms with E-state index < -0.39 is 0 Å². The highest BCUT2D eigenvalue weighted by Gasteiger charge is 2.23. The average Bonchev–Trinajstić information content (AvgIpc) is 3.41. The van der Waals surface area contributed by atoms with Gasteiger partial charge >= 0.3 is 0 Å². The summed E-state index contributed by atoms with van der Waals surface area (Å²) in [5.41, 5.74) is 4.20. The average molecular weight is 456 g/mol. The molecule has 5 aromatic rings. The van der Waals surface area contributed by atoms with Gasteiger partial charge in [0, 0.05) is 31.0 Å². The number of para-hydroxylation sites is 1. The smallest absolute Gasteiger partial charge is 0.263 e. The first kappa shape index (κ1) is 19.7. The fourth-order valence-corrected chi connectivity index (χ4v) is 4.88. The van der Waals surface area contributed by atoms with Crippen LogP contribution in [0.4, 0.5) is 16.6 Å². The Morgan fingerprint density at radius 3 is 2.76 bits per heavy atom. The Kier molecular flexibility index (Phi) is 4.88. The molecule has 0 bridgehead atoms. The second-order valence-electron chi connectivity index (χ2n) is 7.84. The number of hydrogen-bond donors (Lipinski definition) is 2. The summed E-state index contributed by atoms with van der Waals surface area (Å²) >= 11 is 1.63. The Labute approximate surface area is 194 Å². The molecule has 0 saturated heterocycles. The van der Waals surface area contributed by atoms with Crippen molar-refractivity contribution in [2.45, 2.75) is 19.9 Å². The van der Waals surface area contributed by atoms with Gasteiger partial charge in [0.2, 0.25) is 0 Å². The lowest BCUT2D eigenvalue weighted by Gasteiger charge is -2.27. The zero-order valence-electron chi connectivity index (χ0n) is 17.9. The van der Waals surface area contributed by atoms with Crippen LogP contribution >= 0.6 is 11.3 Å². The maximum Gasteiger partial charge on any atom is 0.263 e. The Hall–Kier alpha value is -3.98. The minimum absolute atomic E-state index is 0.490. The number of imidazole rings is 1. The molecule has 0 aliphatic carbocycles. The third kappa shape index (κ3) is 3.98. The number of aromatic nitrogens is 5. The number of fused-ring (bicyclic) bond motifs is 2. The number of aryl methyl sites for hydroxylation is 1. The summed E-state index contributed by atoms with van der Waals surface area (Å²) in [6, 6.07) is 15.9. The number of benzene rings is 2. The highest BCUT2D eigenvalue weighted by Crippen LogP contribution is 2.32. The molecule has 0 radical (unpaired) electrons. The Balaban J connectivity index is 1.18. The Morgan fingerprint density at radius 1 is 1.03 bits per heavy atom. The minimum atomic E-state index is 0.490. The third-order valence-electron chi connectivity index (χ3n) is 5.51. The second kappa shape index (κ2) is 8.18. The van der Waals surface area contributed by atoms with Gasteiger partial charge in [0.05, 0.1) is 28.1 Å². The van der Waals surface area contributed by atoms with E-state index in [4.69, 9.17) is 4.74 Å². The third-order valence-corrected chi connectivity index (χ3v) is 6.46. The lowest BCUT2D eigenvalue weighted by molar-refractivity contribution is 0.457. The maximum absolute atomic E-state index is 6.13. The van der Waals surface area contributed by atoms with E-state index >= 15 is 0 Å². The lowest BCUT2D eigenvalue weighted by Crippen LogP contribution is -2.31. The van der Waals surface area contributed by atoms with Gasteiger partial charge < -0.3 is 19.9 Å². The van der Waals surface area contributed by atoms with Gasteiger partial charge in [0.25, 0.3) is 5.88 Å². The molecule has 1 aliphatic heterocycles. The number of H-pyrrole nitrogens is 1. The molecule has 164 valence electrons. The quantitative estimate of drug-likeness (QED) is 0.375. The van der Waals surface area contributed by atoms with Gasteiger partial charge in [0.1, 0.15) is 11.6 Å². The molecule has 2 N–H and O–H groups in total. The van der Waals surface area contributed by atoms with E-state index in [0.29, 0.717) is 18.2 Å². The van der Waals surface area contributed by atoms with Gasteiger partial charge in [-0.25, -0.2) is 19.9 Å². The number of thiazole rings is 1. The van der Waals surface area contributed by atoms with Crippen LogP contribution in [0.2, 0.25) is 0 Å². The first-order chi connectivity index (χ1) is 16.2. The summed E-state index contributed by atoms with van der Waals surface area (Å²) < 4.78 is 7.28. The molecule has 8 nitrogen and oxygen atoms in total. The molecule has 0 saturated carbocycles. The highest BCUT2D eigenvalue weighted by molar-refractivity contribution is 7.22. The van der Waals surface area contributed by atoms with Crippen LogP contribution in [0.3, 0.4) is 0 Å². The number of nitrogens with one attached hydrogen (secondary N) is 2. The number of ether oxygens (including phenoxy) is 1. The summed E-state index contributed by atoms with van der Waals surface area (Å²) in [5, 5.41) is 4.23. The predicted molar refractivity (Wildman–Crippen MR) is 130 cm³/mol. The summed E-state index contributed by atoms with van der Waals surface area (Å²) in [6.07, 6.45) is 4.21. The van der Waals surface area contributed by atoms with Crippen LogP contribution in [0.5, 0.6) is 11.6 Å². The minimum Gasteiger partial charge on any atom is -0.436 e. The van der Waals surface area contributed by atoms with Crippen molar-refractivity contribution in [3.63, 3.8) is 0 Å². The van der Waals surface area contributed by atoms with Crippen molar-refractivity contribution in [1.29, 1.82) is 0 Å². The SMILES string of the molecule is Cc1nc2c([nH]1)CN(c1nccnc1Oc1ccc(Nc3nc4ccccc4s3)cc1)CC2. The van der Waals surface area contributed by atoms with E-state index in [2.05, 4.69) is 41.2 Å². The summed E-state index contributed by atoms with van der Waals surface area (Å²) in [4.78, 5) is 23.7. The summed E-state index contributed by atoms with van der Waals surface area (Å²) in [7, 11) is 0. The van der Waals surface area contributed by atoms with Gasteiger partial charge in [-0.3, -0.25) is 0 Å². The molecule has 2 aromatic carbocycles. The molecular weight excluding hydrogens is 434 g/mol. The van der Waals surface area contributed by atoms with Crippen molar-refractivity contribution in [2.75, 3.05) is 16.8 Å². The van der Waals surface area contributed by atoms with Gasteiger partial charge in [0.15, 0.2) is 10.9 Å². The first-order valence-electron chi connectivity index (χ1n) is 10.7. The van der Waals surface area contributed by atoms with Crippen LogP contribution in [-0.4, -0.2) is 31.5 Å². The van der Waals surface area contributed by atoms with Crippen molar-refractivity contribution in [3.8, 4) is 11.6 Å². The number of rotatable bonds is 5. The zero-order chi connectivity index (χ0) is 22.2. The fraction of sp³-hybridized carbons (Fsp3) is 0.167. The van der Waals surface area contributed by atoms with Gasteiger partial charge in [-0.1, -0.05) is 23.5 Å². The molecule has 0 amide bonds. The van der Waals surface area contributed by atoms with Gasteiger partial charge in [-0.2, -0.15) is 0 Å². The predicted octanol–water partition coefficient (Wildman–Crippen LogP) is 5.22. The standard InChI is InChI=1S/C24H21N7OS/c1-15-27-18-10-13-31(14-20(18)28-15)22-23(26-12-11-25-22)32-17-8-6-16(7-9-17)29-24-30-19-4-2-3-5-21(19)33-24/h2-9,11-12H,10,13-14H2,1H3,(H,27,28)(H,29,30). The van der Waals surface area contributed by atoms with Crippen molar-refractivity contribution >= 4 is 38.2 Å². The highest BCUT2D eigenvalue weighted by atomic mass is 32.1. The van der Waals surface area contributed by atoms with Crippen LogP contribution in [0.1, 0.15) is 17.2 Å². The number of hydrogen-bond acceptors (Lipinski definition) is 8. The molecule has 0 spiro atoms. The first-order valence-corrected chi connectivity index (χ1v) is 11.5. The summed E-state index contributed by atoms with van der Waals surface area (Å²) in [6.45, 7) is 3.50. The molecule has 6 rings (SSSR count). The van der Waals surface area contributed by atoms with E-state index in [0.717, 1.165) is 57.0 Å². The lowest BCUT2D eigenvalue weighted by atomic mass is 10.1. The second-order valence-corrected chi connectivity index (χ2v) is 8.87. The van der Waals surface area contributed by atoms with Gasteiger partial charge in [-0.15, -0.1) is 0 Å². The number of aromatic amines is 1. The molecule has 0 unspecified atom stereocenters. The van der Waals surface area contributed by atoms with Crippen LogP contribution in [-0.2, 0) is 13.0 Å². The van der Waals surface area contributed by atoms with E-state index in [-0.39, 0.29) is 0 Å². The van der Waals surface area contributed by atoms with Crippen LogP contribution in [0.15, 0.2) is 60.9 Å². The molecule has 33 heavy (non-hydrogen) atoms. The number of anilines is 3. The molecule has 0 atom stereocenters. The molecule has 4 heterocycles. The molecule has 1 aliphatic rings. The van der Waals surface area contributed by atoms with Crippen molar-refractivity contribution in [2.24, 2.45) is 0 Å².